The molecule has 5 unspecified atom stereocenters. The molecule has 0 saturated carbocycles. The topological polar surface area (TPSA) is 171 Å². The normalized spacial score (nSPS) is 15.4. The highest BCUT2D eigenvalue weighted by Gasteiger charge is 2.32. The number of carboxylic acid groups (broad SMARTS) is 1. The van der Waals surface area contributed by atoms with Crippen molar-refractivity contribution in [2.75, 3.05) is 0 Å². The van der Waals surface area contributed by atoms with Gasteiger partial charge >= 0.3 is 5.97 Å². The highest BCUT2D eigenvalue weighted by molar-refractivity contribution is 5.94. The third-order valence-electron chi connectivity index (χ3n) is 6.19. The number of aliphatic carboxylic acids is 1. The van der Waals surface area contributed by atoms with Crippen molar-refractivity contribution in [2.24, 2.45) is 23.5 Å². The van der Waals surface area contributed by atoms with Crippen molar-refractivity contribution >= 4 is 23.7 Å². The van der Waals surface area contributed by atoms with Gasteiger partial charge in [0.1, 0.15) is 23.9 Å². The number of nitrogens with two attached hydrogens (primary N) is 1. The fourth-order valence-corrected chi connectivity index (χ4v) is 3.88. The van der Waals surface area contributed by atoms with E-state index in [9.17, 15) is 29.4 Å². The van der Waals surface area contributed by atoms with E-state index in [0.29, 0.717) is 18.4 Å². The summed E-state index contributed by atoms with van der Waals surface area (Å²) in [7, 11) is 0. The van der Waals surface area contributed by atoms with Gasteiger partial charge in [0.05, 0.1) is 6.04 Å². The standard InChI is InChI=1S/C27H44N4O6/c1-7-17(6)23(31-24(33)20(28)12-15(2)3)26(35)29-21(14-18-8-10-19(32)11-9-18)25(34)30-22(27(36)37)13-16(4)5/h8-11,15-17,20-23,32H,7,12-14,28H2,1-6H3,(H,29,35)(H,30,34)(H,31,33)(H,36,37). The number of carbonyl (C=O) groups excluding carboxylic acids is 3. The Bertz CT molecular complexity index is 903. The zero-order valence-electron chi connectivity index (χ0n) is 22.8. The average molecular weight is 521 g/mol. The number of carbonyl (C=O) groups is 4. The molecule has 3 amide bonds. The van der Waals surface area contributed by atoms with Crippen LogP contribution in [-0.2, 0) is 25.6 Å². The quantitative estimate of drug-likeness (QED) is 0.205. The van der Waals surface area contributed by atoms with E-state index in [-0.39, 0.29) is 36.3 Å². The molecule has 0 aromatic heterocycles. The smallest absolute Gasteiger partial charge is 0.326 e. The number of rotatable bonds is 15. The molecule has 0 saturated heterocycles. The lowest BCUT2D eigenvalue weighted by molar-refractivity contribution is -0.142. The maximum Gasteiger partial charge on any atom is 0.326 e. The molecule has 1 rings (SSSR count). The fraction of sp³-hybridized carbons (Fsp3) is 0.630. The van der Waals surface area contributed by atoms with Gasteiger partial charge < -0.3 is 31.9 Å². The summed E-state index contributed by atoms with van der Waals surface area (Å²) in [6.07, 6.45) is 1.32. The third kappa shape index (κ3) is 11.2. The number of aromatic hydroxyl groups is 1. The van der Waals surface area contributed by atoms with Gasteiger partial charge in [0.25, 0.3) is 0 Å². The van der Waals surface area contributed by atoms with E-state index in [4.69, 9.17) is 5.73 Å². The second kappa shape index (κ2) is 15.2. The Morgan fingerprint density at radius 2 is 1.35 bits per heavy atom. The van der Waals surface area contributed by atoms with Crippen LogP contribution in [-0.4, -0.2) is 58.1 Å². The largest absolute Gasteiger partial charge is 0.508 e. The van der Waals surface area contributed by atoms with Crippen molar-refractivity contribution in [3.63, 3.8) is 0 Å². The summed E-state index contributed by atoms with van der Waals surface area (Å²) in [6, 6.07) is 2.21. The SMILES string of the molecule is CCC(C)C(NC(=O)C(N)CC(C)C)C(=O)NC(Cc1ccc(O)cc1)C(=O)NC(CC(C)C)C(=O)O. The van der Waals surface area contributed by atoms with Crippen molar-refractivity contribution < 1.29 is 29.4 Å². The van der Waals surface area contributed by atoms with Gasteiger partial charge in [-0.1, -0.05) is 60.1 Å². The summed E-state index contributed by atoms with van der Waals surface area (Å²) >= 11 is 0. The predicted molar refractivity (Wildman–Crippen MR) is 142 cm³/mol. The number of hydrogen-bond donors (Lipinski definition) is 6. The number of carboxylic acids is 1. The lowest BCUT2D eigenvalue weighted by Gasteiger charge is -2.28. The molecule has 0 fully saturated rings. The second-order valence-electron chi connectivity index (χ2n) is 10.6. The molecule has 0 aliphatic carbocycles. The minimum Gasteiger partial charge on any atom is -0.508 e. The van der Waals surface area contributed by atoms with Crippen LogP contribution in [0.3, 0.4) is 0 Å². The van der Waals surface area contributed by atoms with E-state index in [0.717, 1.165) is 0 Å². The van der Waals surface area contributed by atoms with Gasteiger partial charge in [0.15, 0.2) is 0 Å². The van der Waals surface area contributed by atoms with Gasteiger partial charge in [-0.05, 0) is 48.3 Å². The Morgan fingerprint density at radius 1 is 0.811 bits per heavy atom. The van der Waals surface area contributed by atoms with Crippen LogP contribution in [0.2, 0.25) is 0 Å². The Labute approximate surface area is 219 Å². The zero-order chi connectivity index (χ0) is 28.3. The first-order valence-corrected chi connectivity index (χ1v) is 12.9. The van der Waals surface area contributed by atoms with E-state index in [2.05, 4.69) is 16.0 Å². The number of nitrogens with one attached hydrogen (secondary N) is 3. The van der Waals surface area contributed by atoms with Crippen LogP contribution in [0.15, 0.2) is 24.3 Å². The van der Waals surface area contributed by atoms with E-state index >= 15 is 0 Å². The molecule has 7 N–H and O–H groups in total. The van der Waals surface area contributed by atoms with E-state index in [1.54, 1.807) is 12.1 Å². The molecule has 0 aliphatic heterocycles. The lowest BCUT2D eigenvalue weighted by atomic mass is 9.96. The minimum absolute atomic E-state index is 0.0200. The first-order chi connectivity index (χ1) is 17.2. The van der Waals surface area contributed by atoms with Crippen molar-refractivity contribution in [3.8, 4) is 5.75 Å². The summed E-state index contributed by atoms with van der Waals surface area (Å²) in [4.78, 5) is 51.0. The fourth-order valence-electron chi connectivity index (χ4n) is 3.88. The van der Waals surface area contributed by atoms with Gasteiger partial charge in [-0.3, -0.25) is 14.4 Å². The van der Waals surface area contributed by atoms with Crippen molar-refractivity contribution in [3.05, 3.63) is 29.8 Å². The summed E-state index contributed by atoms with van der Waals surface area (Å²) in [5.41, 5.74) is 6.66. The van der Waals surface area contributed by atoms with Gasteiger partial charge in [0, 0.05) is 6.42 Å². The Balaban J connectivity index is 3.18. The molecule has 0 aliphatic rings. The van der Waals surface area contributed by atoms with Crippen molar-refractivity contribution in [2.45, 2.75) is 91.4 Å². The molecular formula is C27H44N4O6. The molecule has 0 bridgehead atoms. The molecular weight excluding hydrogens is 476 g/mol. The Kier molecular flexibility index (Phi) is 13.1. The molecule has 0 heterocycles. The Hall–Kier alpha value is -3.14. The lowest BCUT2D eigenvalue weighted by Crippen LogP contribution is -2.59. The van der Waals surface area contributed by atoms with Crippen molar-refractivity contribution in [1.82, 2.24) is 16.0 Å². The number of phenols is 1. The highest BCUT2D eigenvalue weighted by Crippen LogP contribution is 2.14. The molecule has 5 atom stereocenters. The molecule has 0 spiro atoms. The van der Waals surface area contributed by atoms with Crippen molar-refractivity contribution in [1.29, 1.82) is 0 Å². The predicted octanol–water partition coefficient (Wildman–Crippen LogP) is 1.94. The van der Waals surface area contributed by atoms with Crippen LogP contribution in [0.5, 0.6) is 5.75 Å². The molecule has 1 aromatic carbocycles. The zero-order valence-corrected chi connectivity index (χ0v) is 22.8. The van der Waals surface area contributed by atoms with Crippen LogP contribution in [0.4, 0.5) is 0 Å². The number of benzene rings is 1. The molecule has 10 heteroatoms. The maximum atomic E-state index is 13.4. The van der Waals surface area contributed by atoms with Gasteiger partial charge in [-0.15, -0.1) is 0 Å². The summed E-state index contributed by atoms with van der Waals surface area (Å²) in [6.45, 7) is 11.3. The first kappa shape index (κ1) is 31.9. The molecule has 1 aromatic rings. The average Bonchev–Trinajstić information content (AvgIpc) is 2.81. The number of amides is 3. The monoisotopic (exact) mass is 520 g/mol. The van der Waals surface area contributed by atoms with Crippen LogP contribution >= 0.6 is 0 Å². The molecule has 10 nitrogen and oxygen atoms in total. The summed E-state index contributed by atoms with van der Waals surface area (Å²) in [5.74, 6) is -2.81. The summed E-state index contributed by atoms with van der Waals surface area (Å²) in [5, 5.41) is 27.2. The van der Waals surface area contributed by atoms with E-state index < -0.39 is 47.9 Å². The number of hydrogen-bond acceptors (Lipinski definition) is 6. The minimum atomic E-state index is -1.17. The maximum absolute atomic E-state index is 13.4. The van der Waals surface area contributed by atoms with Crippen LogP contribution in [0, 0.1) is 17.8 Å². The Morgan fingerprint density at radius 3 is 1.84 bits per heavy atom. The van der Waals surface area contributed by atoms with Crippen LogP contribution < -0.4 is 21.7 Å². The van der Waals surface area contributed by atoms with Crippen LogP contribution in [0.25, 0.3) is 0 Å². The molecule has 0 radical (unpaired) electrons. The van der Waals surface area contributed by atoms with Gasteiger partial charge in [-0.25, -0.2) is 4.79 Å². The van der Waals surface area contributed by atoms with Crippen LogP contribution in [0.1, 0.15) is 66.4 Å². The van der Waals surface area contributed by atoms with E-state index in [1.807, 2.05) is 41.5 Å². The second-order valence-corrected chi connectivity index (χ2v) is 10.6. The van der Waals surface area contributed by atoms with Gasteiger partial charge in [-0.2, -0.15) is 0 Å². The first-order valence-electron chi connectivity index (χ1n) is 12.9. The number of phenolic OH excluding ortho intramolecular Hbond substituents is 1. The molecule has 208 valence electrons. The molecule has 37 heavy (non-hydrogen) atoms. The van der Waals surface area contributed by atoms with Gasteiger partial charge in [0.2, 0.25) is 17.7 Å². The van der Waals surface area contributed by atoms with E-state index in [1.165, 1.54) is 12.1 Å². The summed E-state index contributed by atoms with van der Waals surface area (Å²) < 4.78 is 0. The third-order valence-corrected chi connectivity index (χ3v) is 6.19. The highest BCUT2D eigenvalue weighted by atomic mass is 16.4.